The molecule has 1 aromatic carbocycles. The monoisotopic (exact) mass is 361 g/mol. The van der Waals surface area contributed by atoms with Crippen LogP contribution in [0, 0.1) is 5.92 Å². The summed E-state index contributed by atoms with van der Waals surface area (Å²) in [6.07, 6.45) is 2.76. The number of benzene rings is 1. The Hall–Kier alpha value is -2.08. The predicted octanol–water partition coefficient (Wildman–Crippen LogP) is 2.19. The van der Waals surface area contributed by atoms with Crippen LogP contribution in [0.15, 0.2) is 24.3 Å². The number of carbonyl (C=O) groups is 2. The van der Waals surface area contributed by atoms with E-state index in [1.165, 1.54) is 7.11 Å². The van der Waals surface area contributed by atoms with E-state index in [0.717, 1.165) is 43.6 Å². The number of anilines is 1. The Bertz CT molecular complexity index is 598. The molecule has 1 saturated heterocycles. The van der Waals surface area contributed by atoms with Gasteiger partial charge in [0.15, 0.2) is 0 Å². The minimum absolute atomic E-state index is 0.0172. The van der Waals surface area contributed by atoms with Gasteiger partial charge in [-0.25, -0.2) is 0 Å². The summed E-state index contributed by atoms with van der Waals surface area (Å²) in [6.45, 7) is 6.67. The van der Waals surface area contributed by atoms with Crippen molar-refractivity contribution in [3.63, 3.8) is 0 Å². The average Bonchev–Trinajstić information content (AvgIpc) is 2.66. The van der Waals surface area contributed by atoms with E-state index in [0.29, 0.717) is 12.5 Å². The molecule has 26 heavy (non-hydrogen) atoms. The number of para-hydroxylation sites is 1. The van der Waals surface area contributed by atoms with Crippen LogP contribution in [-0.2, 0) is 9.53 Å². The standard InChI is InChI=1S/C20H31N3O3/c1-4-15(2)13-21-20(25)17-7-5-6-8-18(17)23-11-9-16(10-12-23)22-19(24)14-26-3/h5-8,15-16H,4,9-14H2,1-3H3,(H,21,25)(H,22,24)/t15-/m0/s1. The Kier molecular flexibility index (Phi) is 7.91. The molecule has 1 aliphatic rings. The first-order valence-electron chi connectivity index (χ1n) is 9.45. The summed E-state index contributed by atoms with van der Waals surface area (Å²) in [5, 5.41) is 6.04. The normalized spacial score (nSPS) is 16.2. The largest absolute Gasteiger partial charge is 0.375 e. The van der Waals surface area contributed by atoms with E-state index >= 15 is 0 Å². The molecule has 1 fully saturated rings. The van der Waals surface area contributed by atoms with Crippen molar-refractivity contribution in [2.24, 2.45) is 5.92 Å². The molecule has 1 heterocycles. The summed E-state index contributed by atoms with van der Waals surface area (Å²) in [5.74, 6) is 0.379. The first kappa shape index (κ1) is 20.2. The number of ether oxygens (including phenoxy) is 1. The summed E-state index contributed by atoms with van der Waals surface area (Å²) in [5.41, 5.74) is 1.69. The van der Waals surface area contributed by atoms with Crippen LogP contribution in [0.2, 0.25) is 0 Å². The maximum Gasteiger partial charge on any atom is 0.253 e. The van der Waals surface area contributed by atoms with Gasteiger partial charge >= 0.3 is 0 Å². The van der Waals surface area contributed by atoms with Crippen LogP contribution >= 0.6 is 0 Å². The number of methoxy groups -OCH3 is 1. The van der Waals surface area contributed by atoms with Gasteiger partial charge in [0, 0.05) is 38.5 Å². The highest BCUT2D eigenvalue weighted by atomic mass is 16.5. The molecule has 0 radical (unpaired) electrons. The average molecular weight is 361 g/mol. The zero-order chi connectivity index (χ0) is 18.9. The van der Waals surface area contributed by atoms with E-state index in [1.807, 2.05) is 24.3 Å². The summed E-state index contributed by atoms with van der Waals surface area (Å²) >= 11 is 0. The Morgan fingerprint density at radius 2 is 1.96 bits per heavy atom. The van der Waals surface area contributed by atoms with Crippen LogP contribution in [0.4, 0.5) is 5.69 Å². The van der Waals surface area contributed by atoms with Crippen molar-refractivity contribution in [2.45, 2.75) is 39.2 Å². The van der Waals surface area contributed by atoms with Gasteiger partial charge in [-0.1, -0.05) is 32.4 Å². The van der Waals surface area contributed by atoms with Crippen molar-refractivity contribution in [3.05, 3.63) is 29.8 Å². The zero-order valence-electron chi connectivity index (χ0n) is 16.1. The van der Waals surface area contributed by atoms with Crippen LogP contribution in [0.1, 0.15) is 43.5 Å². The molecule has 2 rings (SSSR count). The third-order valence-electron chi connectivity index (χ3n) is 4.93. The van der Waals surface area contributed by atoms with Crippen molar-refractivity contribution in [2.75, 3.05) is 38.3 Å². The molecule has 2 N–H and O–H groups in total. The minimum Gasteiger partial charge on any atom is -0.375 e. The molecular weight excluding hydrogens is 330 g/mol. The van der Waals surface area contributed by atoms with Crippen LogP contribution in [0.25, 0.3) is 0 Å². The third-order valence-corrected chi connectivity index (χ3v) is 4.93. The highest BCUT2D eigenvalue weighted by Crippen LogP contribution is 2.24. The lowest BCUT2D eigenvalue weighted by Gasteiger charge is -2.34. The minimum atomic E-state index is -0.0734. The van der Waals surface area contributed by atoms with Gasteiger partial charge in [-0.2, -0.15) is 0 Å². The SMILES string of the molecule is CC[C@H](C)CNC(=O)c1ccccc1N1CCC(NC(=O)COC)CC1. The highest BCUT2D eigenvalue weighted by Gasteiger charge is 2.23. The van der Waals surface area contributed by atoms with Gasteiger partial charge in [0.2, 0.25) is 5.91 Å². The van der Waals surface area contributed by atoms with Gasteiger partial charge in [0.25, 0.3) is 5.91 Å². The van der Waals surface area contributed by atoms with Gasteiger partial charge in [-0.3, -0.25) is 9.59 Å². The van der Waals surface area contributed by atoms with Crippen LogP contribution < -0.4 is 15.5 Å². The molecule has 0 aromatic heterocycles. The van der Waals surface area contributed by atoms with E-state index < -0.39 is 0 Å². The molecule has 0 spiro atoms. The molecule has 144 valence electrons. The molecule has 1 aromatic rings. The fraction of sp³-hybridized carbons (Fsp3) is 0.600. The molecule has 0 aliphatic carbocycles. The van der Waals surface area contributed by atoms with Gasteiger partial charge in [-0.15, -0.1) is 0 Å². The van der Waals surface area contributed by atoms with Crippen molar-refractivity contribution in [3.8, 4) is 0 Å². The van der Waals surface area contributed by atoms with Gasteiger partial charge in [-0.05, 0) is 30.9 Å². The topological polar surface area (TPSA) is 70.7 Å². The molecule has 6 heteroatoms. The zero-order valence-corrected chi connectivity index (χ0v) is 16.1. The number of nitrogens with one attached hydrogen (secondary N) is 2. The number of carbonyl (C=O) groups excluding carboxylic acids is 2. The predicted molar refractivity (Wildman–Crippen MR) is 103 cm³/mol. The van der Waals surface area contributed by atoms with E-state index in [4.69, 9.17) is 4.74 Å². The first-order chi connectivity index (χ1) is 12.5. The second-order valence-corrected chi connectivity index (χ2v) is 7.00. The number of piperidine rings is 1. The first-order valence-corrected chi connectivity index (χ1v) is 9.45. The maximum absolute atomic E-state index is 12.6. The number of amides is 2. The van der Waals surface area contributed by atoms with Crippen LogP contribution in [0.3, 0.4) is 0 Å². The second kappa shape index (κ2) is 10.2. The Morgan fingerprint density at radius 3 is 2.62 bits per heavy atom. The molecule has 0 saturated carbocycles. The summed E-state index contributed by atoms with van der Waals surface area (Å²) < 4.78 is 4.86. The lowest BCUT2D eigenvalue weighted by molar-refractivity contribution is -0.125. The Labute approximate surface area is 156 Å². The Morgan fingerprint density at radius 1 is 1.27 bits per heavy atom. The molecule has 0 unspecified atom stereocenters. The lowest BCUT2D eigenvalue weighted by atomic mass is 10.0. The van der Waals surface area contributed by atoms with Crippen molar-refractivity contribution in [1.82, 2.24) is 10.6 Å². The summed E-state index contributed by atoms with van der Waals surface area (Å²) in [7, 11) is 1.52. The summed E-state index contributed by atoms with van der Waals surface area (Å²) in [4.78, 5) is 26.5. The third kappa shape index (κ3) is 5.73. The van der Waals surface area contributed by atoms with Gasteiger partial charge in [0.05, 0.1) is 5.56 Å². The van der Waals surface area contributed by atoms with Crippen molar-refractivity contribution in [1.29, 1.82) is 0 Å². The van der Waals surface area contributed by atoms with Crippen molar-refractivity contribution >= 4 is 17.5 Å². The summed E-state index contributed by atoms with van der Waals surface area (Å²) in [6, 6.07) is 7.92. The van der Waals surface area contributed by atoms with E-state index in [-0.39, 0.29) is 24.5 Å². The van der Waals surface area contributed by atoms with Gasteiger partial charge in [0.1, 0.15) is 6.61 Å². The van der Waals surface area contributed by atoms with E-state index in [1.54, 1.807) is 0 Å². The molecule has 6 nitrogen and oxygen atoms in total. The number of nitrogens with zero attached hydrogens (tertiary/aromatic N) is 1. The van der Waals surface area contributed by atoms with Crippen molar-refractivity contribution < 1.29 is 14.3 Å². The van der Waals surface area contributed by atoms with E-state index in [9.17, 15) is 9.59 Å². The lowest BCUT2D eigenvalue weighted by Crippen LogP contribution is -2.46. The second-order valence-electron chi connectivity index (χ2n) is 7.00. The molecule has 2 amide bonds. The molecule has 0 bridgehead atoms. The molecular formula is C20H31N3O3. The quantitative estimate of drug-likeness (QED) is 0.745. The number of rotatable bonds is 8. The molecule has 1 aliphatic heterocycles. The van der Waals surface area contributed by atoms with Crippen LogP contribution in [0.5, 0.6) is 0 Å². The number of hydrogen-bond acceptors (Lipinski definition) is 4. The fourth-order valence-corrected chi connectivity index (χ4v) is 3.11. The highest BCUT2D eigenvalue weighted by molar-refractivity contribution is 5.99. The molecule has 1 atom stereocenters. The number of hydrogen-bond donors (Lipinski definition) is 2. The maximum atomic E-state index is 12.6. The Balaban J connectivity index is 1.96. The fourth-order valence-electron chi connectivity index (χ4n) is 3.11. The van der Waals surface area contributed by atoms with E-state index in [2.05, 4.69) is 29.4 Å². The van der Waals surface area contributed by atoms with Crippen LogP contribution in [-0.4, -0.2) is 51.2 Å². The smallest absolute Gasteiger partial charge is 0.253 e. The van der Waals surface area contributed by atoms with Gasteiger partial charge < -0.3 is 20.3 Å².